The largest absolute Gasteiger partial charge is 0.497 e. The first kappa shape index (κ1) is 26.8. The van der Waals surface area contributed by atoms with E-state index in [1.807, 2.05) is 62.4 Å². The van der Waals surface area contributed by atoms with Gasteiger partial charge >= 0.3 is 0 Å². The Labute approximate surface area is 224 Å². The maximum atomic E-state index is 12.9. The predicted molar refractivity (Wildman–Crippen MR) is 151 cm³/mol. The zero-order valence-corrected chi connectivity index (χ0v) is 22.4. The van der Waals surface area contributed by atoms with Crippen LogP contribution in [0.25, 0.3) is 17.1 Å². The van der Waals surface area contributed by atoms with E-state index in [2.05, 4.69) is 16.0 Å². The number of unbranched alkanes of at least 4 members (excludes halogenated alkanes) is 1. The number of benzene rings is 3. The fourth-order valence-electron chi connectivity index (χ4n) is 4.40. The highest BCUT2D eigenvalue weighted by atomic mass is 16.5. The average Bonchev–Trinajstić information content (AvgIpc) is 3.32. The van der Waals surface area contributed by atoms with Crippen LogP contribution in [0.4, 0.5) is 0 Å². The van der Waals surface area contributed by atoms with E-state index in [0.29, 0.717) is 17.9 Å². The van der Waals surface area contributed by atoms with E-state index < -0.39 is 0 Å². The fourth-order valence-corrected chi connectivity index (χ4v) is 4.40. The standard InChI is InChI=1S/C31H35N3O4/c1-5-10-23-13-18-28(29(21-23)37-4)38-20-9-8-19-34-27-12-7-6-11-26(27)33-30(34)22(2)32-31(35)24-14-16-25(36-3)17-15-24/h5-7,10-18,21-22H,8-9,19-20H2,1-4H3,(H,32,35)/b10-5+. The molecule has 38 heavy (non-hydrogen) atoms. The van der Waals surface area contributed by atoms with Crippen LogP contribution < -0.4 is 19.5 Å². The lowest BCUT2D eigenvalue weighted by molar-refractivity contribution is 0.0937. The van der Waals surface area contributed by atoms with Crippen molar-refractivity contribution in [1.29, 1.82) is 0 Å². The number of hydrogen-bond donors (Lipinski definition) is 1. The summed E-state index contributed by atoms with van der Waals surface area (Å²) in [6.07, 6.45) is 5.78. The molecule has 1 heterocycles. The second-order valence-corrected chi connectivity index (χ2v) is 9.00. The molecule has 0 aliphatic heterocycles. The normalized spacial score (nSPS) is 12.0. The highest BCUT2D eigenvalue weighted by Gasteiger charge is 2.19. The summed E-state index contributed by atoms with van der Waals surface area (Å²) in [7, 11) is 3.26. The molecule has 0 saturated heterocycles. The third kappa shape index (κ3) is 6.35. The van der Waals surface area contributed by atoms with Crippen LogP contribution in [0.5, 0.6) is 17.2 Å². The van der Waals surface area contributed by atoms with Crippen molar-refractivity contribution in [2.45, 2.75) is 39.3 Å². The number of imidazole rings is 1. The summed E-state index contributed by atoms with van der Waals surface area (Å²) in [4.78, 5) is 17.7. The summed E-state index contributed by atoms with van der Waals surface area (Å²) >= 11 is 0. The van der Waals surface area contributed by atoms with Crippen molar-refractivity contribution in [3.05, 3.63) is 89.8 Å². The number of allylic oxidation sites excluding steroid dienone is 1. The van der Waals surface area contributed by atoms with E-state index in [1.54, 1.807) is 38.5 Å². The van der Waals surface area contributed by atoms with Crippen molar-refractivity contribution in [2.24, 2.45) is 0 Å². The Morgan fingerprint density at radius 1 is 1.00 bits per heavy atom. The number of fused-ring (bicyclic) bond motifs is 1. The van der Waals surface area contributed by atoms with Crippen LogP contribution in [0.1, 0.15) is 54.5 Å². The SMILES string of the molecule is C/C=C/c1ccc(OCCCCn2c(C(C)NC(=O)c3ccc(OC)cc3)nc3ccccc32)c(OC)c1. The zero-order chi connectivity index (χ0) is 26.9. The van der Waals surface area contributed by atoms with Crippen LogP contribution in [-0.2, 0) is 6.54 Å². The van der Waals surface area contributed by atoms with Crippen molar-refractivity contribution >= 4 is 23.0 Å². The lowest BCUT2D eigenvalue weighted by Gasteiger charge is -2.17. The van der Waals surface area contributed by atoms with Crippen molar-refractivity contribution in [3.8, 4) is 17.2 Å². The number of amides is 1. The quantitative estimate of drug-likeness (QED) is 0.221. The summed E-state index contributed by atoms with van der Waals surface area (Å²) in [5, 5.41) is 3.09. The maximum absolute atomic E-state index is 12.9. The number of carbonyl (C=O) groups excluding carboxylic acids is 1. The van der Waals surface area contributed by atoms with Crippen molar-refractivity contribution in [1.82, 2.24) is 14.9 Å². The lowest BCUT2D eigenvalue weighted by atomic mass is 10.2. The molecule has 4 rings (SSSR count). The van der Waals surface area contributed by atoms with Gasteiger partial charge in [-0.3, -0.25) is 4.79 Å². The van der Waals surface area contributed by atoms with Gasteiger partial charge in [0.2, 0.25) is 0 Å². The molecular formula is C31H35N3O4. The monoisotopic (exact) mass is 513 g/mol. The third-order valence-corrected chi connectivity index (χ3v) is 6.35. The minimum absolute atomic E-state index is 0.151. The number of nitrogens with zero attached hydrogens (tertiary/aromatic N) is 2. The van der Waals surface area contributed by atoms with Gasteiger partial charge in [0.1, 0.15) is 11.6 Å². The van der Waals surface area contributed by atoms with Crippen molar-refractivity contribution in [3.63, 3.8) is 0 Å². The van der Waals surface area contributed by atoms with Crippen LogP contribution in [0.2, 0.25) is 0 Å². The summed E-state index contributed by atoms with van der Waals surface area (Å²) in [5.41, 5.74) is 3.61. The fraction of sp³-hybridized carbons (Fsp3) is 0.290. The van der Waals surface area contributed by atoms with Crippen LogP contribution in [0, 0.1) is 0 Å². The number of para-hydroxylation sites is 2. The Morgan fingerprint density at radius 2 is 1.79 bits per heavy atom. The van der Waals surface area contributed by atoms with Gasteiger partial charge in [-0.05, 0) is 80.8 Å². The number of methoxy groups -OCH3 is 2. The molecule has 198 valence electrons. The van der Waals surface area contributed by atoms with Gasteiger partial charge in [-0.25, -0.2) is 4.98 Å². The van der Waals surface area contributed by atoms with Gasteiger partial charge in [0.15, 0.2) is 11.5 Å². The van der Waals surface area contributed by atoms with E-state index in [0.717, 1.165) is 53.3 Å². The molecule has 4 aromatic rings. The van der Waals surface area contributed by atoms with Crippen molar-refractivity contribution in [2.75, 3.05) is 20.8 Å². The van der Waals surface area contributed by atoms with Gasteiger partial charge in [0.25, 0.3) is 5.91 Å². The molecule has 0 spiro atoms. The number of carbonyl (C=O) groups is 1. The lowest BCUT2D eigenvalue weighted by Crippen LogP contribution is -2.28. The van der Waals surface area contributed by atoms with Crippen molar-refractivity contribution < 1.29 is 19.0 Å². The summed E-state index contributed by atoms with van der Waals surface area (Å²) < 4.78 is 18.9. The molecular weight excluding hydrogens is 478 g/mol. The van der Waals surface area contributed by atoms with Gasteiger partial charge < -0.3 is 24.1 Å². The van der Waals surface area contributed by atoms with Crippen LogP contribution in [0.15, 0.2) is 72.8 Å². The summed E-state index contributed by atoms with van der Waals surface area (Å²) in [6, 6.07) is 20.8. The minimum atomic E-state index is -0.270. The molecule has 0 aliphatic rings. The Hall–Kier alpha value is -4.26. The molecule has 1 amide bonds. The number of nitrogens with one attached hydrogen (secondary N) is 1. The van der Waals surface area contributed by atoms with E-state index >= 15 is 0 Å². The third-order valence-electron chi connectivity index (χ3n) is 6.35. The molecule has 7 nitrogen and oxygen atoms in total. The predicted octanol–water partition coefficient (Wildman–Crippen LogP) is 6.44. The highest BCUT2D eigenvalue weighted by Crippen LogP contribution is 2.29. The first-order valence-corrected chi connectivity index (χ1v) is 12.9. The molecule has 7 heteroatoms. The van der Waals surface area contributed by atoms with Gasteiger partial charge in [0.05, 0.1) is 37.9 Å². The van der Waals surface area contributed by atoms with E-state index in [1.165, 1.54) is 0 Å². The Morgan fingerprint density at radius 3 is 2.53 bits per heavy atom. The van der Waals surface area contributed by atoms with E-state index in [9.17, 15) is 4.79 Å². The second-order valence-electron chi connectivity index (χ2n) is 9.00. The first-order chi connectivity index (χ1) is 18.5. The second kappa shape index (κ2) is 12.8. The molecule has 0 saturated carbocycles. The molecule has 3 aromatic carbocycles. The minimum Gasteiger partial charge on any atom is -0.497 e. The highest BCUT2D eigenvalue weighted by molar-refractivity contribution is 5.94. The van der Waals surface area contributed by atoms with Gasteiger partial charge in [0, 0.05) is 12.1 Å². The number of ether oxygens (including phenoxy) is 3. The molecule has 1 aromatic heterocycles. The molecule has 1 N–H and O–H groups in total. The Kier molecular flexibility index (Phi) is 9.03. The maximum Gasteiger partial charge on any atom is 0.251 e. The smallest absolute Gasteiger partial charge is 0.251 e. The summed E-state index contributed by atoms with van der Waals surface area (Å²) in [5.74, 6) is 2.86. The van der Waals surface area contributed by atoms with E-state index in [4.69, 9.17) is 19.2 Å². The van der Waals surface area contributed by atoms with E-state index in [-0.39, 0.29) is 11.9 Å². The first-order valence-electron chi connectivity index (χ1n) is 12.9. The van der Waals surface area contributed by atoms with Crippen LogP contribution >= 0.6 is 0 Å². The van der Waals surface area contributed by atoms with Gasteiger partial charge in [-0.2, -0.15) is 0 Å². The van der Waals surface area contributed by atoms with Gasteiger partial charge in [-0.1, -0.05) is 30.4 Å². The molecule has 0 aliphatic carbocycles. The number of aromatic nitrogens is 2. The molecule has 1 unspecified atom stereocenters. The average molecular weight is 514 g/mol. The molecule has 0 fully saturated rings. The Balaban J connectivity index is 1.40. The number of hydrogen-bond acceptors (Lipinski definition) is 5. The molecule has 0 bridgehead atoms. The molecule has 0 radical (unpaired) electrons. The topological polar surface area (TPSA) is 74.6 Å². The zero-order valence-electron chi connectivity index (χ0n) is 22.4. The van der Waals surface area contributed by atoms with Gasteiger partial charge in [-0.15, -0.1) is 0 Å². The Bertz CT molecular complexity index is 1390. The number of rotatable bonds is 12. The summed E-state index contributed by atoms with van der Waals surface area (Å²) in [6.45, 7) is 5.29. The molecule has 1 atom stereocenters. The van der Waals surface area contributed by atoms with Crippen LogP contribution in [-0.4, -0.2) is 36.3 Å². The number of aryl methyl sites for hydroxylation is 1. The van der Waals surface area contributed by atoms with Crippen LogP contribution in [0.3, 0.4) is 0 Å².